The summed E-state index contributed by atoms with van der Waals surface area (Å²) in [5.41, 5.74) is 0. The molecule has 0 bridgehead atoms. The van der Waals surface area contributed by atoms with Crippen LogP contribution in [0, 0.1) is 5.92 Å². The highest BCUT2D eigenvalue weighted by Crippen LogP contribution is 2.28. The number of hydrogen-bond donors (Lipinski definition) is 3. The number of nitrogens with zero attached hydrogens (tertiary/aromatic N) is 2. The van der Waals surface area contributed by atoms with E-state index in [1.807, 2.05) is 20.0 Å². The molecule has 1 aliphatic rings. The first-order valence-corrected chi connectivity index (χ1v) is 7.27. The number of ether oxygens (including phenoxy) is 1. The Morgan fingerprint density at radius 3 is 2.85 bits per heavy atom. The van der Waals surface area contributed by atoms with Crippen molar-refractivity contribution in [2.75, 3.05) is 30.9 Å². The minimum Gasteiger partial charge on any atom is -0.396 e. The fourth-order valence-electron chi connectivity index (χ4n) is 2.59. The van der Waals surface area contributed by atoms with Gasteiger partial charge in [-0.15, -0.1) is 0 Å². The first-order chi connectivity index (χ1) is 9.76. The van der Waals surface area contributed by atoms with Crippen LogP contribution in [0.15, 0.2) is 6.07 Å². The van der Waals surface area contributed by atoms with Gasteiger partial charge in [-0.25, -0.2) is 9.97 Å². The molecule has 0 radical (unpaired) electrons. The minimum atomic E-state index is 0.230. The number of hydrogen-bond acceptors (Lipinski definition) is 6. The first-order valence-electron chi connectivity index (χ1n) is 7.27. The molecule has 0 aliphatic heterocycles. The van der Waals surface area contributed by atoms with Gasteiger partial charge in [0.15, 0.2) is 5.82 Å². The van der Waals surface area contributed by atoms with Gasteiger partial charge in [0.05, 0.1) is 0 Å². The maximum Gasteiger partial charge on any atom is 0.158 e. The third-order valence-corrected chi connectivity index (χ3v) is 3.69. The van der Waals surface area contributed by atoms with Crippen molar-refractivity contribution in [3.05, 3.63) is 11.9 Å². The number of rotatable bonds is 7. The maximum absolute atomic E-state index is 9.38. The molecule has 1 aromatic rings. The van der Waals surface area contributed by atoms with Gasteiger partial charge in [0.1, 0.15) is 18.2 Å². The largest absolute Gasteiger partial charge is 0.396 e. The molecule has 1 fully saturated rings. The number of aliphatic hydroxyl groups is 1. The summed E-state index contributed by atoms with van der Waals surface area (Å²) >= 11 is 0. The molecule has 0 amide bonds. The summed E-state index contributed by atoms with van der Waals surface area (Å²) in [5, 5.41) is 15.8. The second-order valence-electron chi connectivity index (χ2n) is 5.07. The van der Waals surface area contributed by atoms with Gasteiger partial charge in [-0.05, 0) is 19.8 Å². The van der Waals surface area contributed by atoms with Crippen molar-refractivity contribution in [3.8, 4) is 0 Å². The highest BCUT2D eigenvalue weighted by molar-refractivity contribution is 5.47. The Bertz CT molecular complexity index is 428. The van der Waals surface area contributed by atoms with Gasteiger partial charge >= 0.3 is 0 Å². The zero-order valence-corrected chi connectivity index (χ0v) is 12.2. The van der Waals surface area contributed by atoms with Gasteiger partial charge < -0.3 is 20.5 Å². The van der Waals surface area contributed by atoms with E-state index in [0.29, 0.717) is 31.0 Å². The number of aromatic nitrogens is 2. The molecule has 112 valence electrons. The summed E-state index contributed by atoms with van der Waals surface area (Å²) in [4.78, 5) is 8.85. The van der Waals surface area contributed by atoms with E-state index in [1.54, 1.807) is 0 Å². The van der Waals surface area contributed by atoms with E-state index in [0.717, 1.165) is 30.9 Å². The Morgan fingerprint density at radius 2 is 2.15 bits per heavy atom. The summed E-state index contributed by atoms with van der Waals surface area (Å²) < 4.78 is 5.37. The van der Waals surface area contributed by atoms with Crippen molar-refractivity contribution in [1.82, 2.24) is 9.97 Å². The smallest absolute Gasteiger partial charge is 0.158 e. The van der Waals surface area contributed by atoms with Crippen molar-refractivity contribution in [2.45, 2.75) is 38.8 Å². The monoisotopic (exact) mass is 280 g/mol. The van der Waals surface area contributed by atoms with Gasteiger partial charge in [-0.1, -0.05) is 6.42 Å². The van der Waals surface area contributed by atoms with Crippen LogP contribution in [0.25, 0.3) is 0 Å². The van der Waals surface area contributed by atoms with E-state index in [4.69, 9.17) is 4.74 Å². The topological polar surface area (TPSA) is 79.3 Å². The summed E-state index contributed by atoms with van der Waals surface area (Å²) in [6.45, 7) is 3.23. The lowest BCUT2D eigenvalue weighted by Crippen LogP contribution is -2.27. The Morgan fingerprint density at radius 1 is 1.35 bits per heavy atom. The van der Waals surface area contributed by atoms with E-state index in [9.17, 15) is 5.11 Å². The molecule has 1 heterocycles. The lowest BCUT2D eigenvalue weighted by molar-refractivity contribution is 0.128. The zero-order chi connectivity index (χ0) is 14.4. The molecule has 6 nitrogen and oxygen atoms in total. The van der Waals surface area contributed by atoms with E-state index in [-0.39, 0.29) is 6.61 Å². The van der Waals surface area contributed by atoms with Crippen molar-refractivity contribution >= 4 is 11.6 Å². The lowest BCUT2D eigenvalue weighted by atomic mass is 10.1. The van der Waals surface area contributed by atoms with E-state index < -0.39 is 0 Å². The third-order valence-electron chi connectivity index (χ3n) is 3.69. The SMILES string of the molecule is CCOCc1nc(NC)cc(NC2CCCC2CO)n1. The average Bonchev–Trinajstić information content (AvgIpc) is 2.92. The Labute approximate surface area is 120 Å². The van der Waals surface area contributed by atoms with Crippen LogP contribution in [0.4, 0.5) is 11.6 Å². The van der Waals surface area contributed by atoms with Crippen LogP contribution in [0.2, 0.25) is 0 Å². The summed E-state index contributed by atoms with van der Waals surface area (Å²) in [7, 11) is 1.84. The lowest BCUT2D eigenvalue weighted by Gasteiger charge is -2.20. The summed E-state index contributed by atoms with van der Waals surface area (Å²) in [6.07, 6.45) is 3.30. The molecule has 0 aromatic carbocycles. The number of anilines is 2. The molecule has 3 N–H and O–H groups in total. The quantitative estimate of drug-likeness (QED) is 0.704. The van der Waals surface area contributed by atoms with Crippen molar-refractivity contribution in [1.29, 1.82) is 0 Å². The molecule has 1 aliphatic carbocycles. The van der Waals surface area contributed by atoms with E-state index in [1.165, 1.54) is 0 Å². The van der Waals surface area contributed by atoms with Crippen molar-refractivity contribution < 1.29 is 9.84 Å². The Kier molecular flexibility index (Phi) is 5.55. The van der Waals surface area contributed by atoms with Crippen LogP contribution in [-0.2, 0) is 11.3 Å². The summed E-state index contributed by atoms with van der Waals surface area (Å²) in [6, 6.07) is 2.18. The summed E-state index contributed by atoms with van der Waals surface area (Å²) in [5.74, 6) is 2.55. The van der Waals surface area contributed by atoms with E-state index in [2.05, 4.69) is 20.6 Å². The van der Waals surface area contributed by atoms with Crippen LogP contribution in [-0.4, -0.2) is 41.4 Å². The molecule has 0 saturated heterocycles. The third kappa shape index (κ3) is 3.80. The second-order valence-corrected chi connectivity index (χ2v) is 5.07. The molecule has 0 spiro atoms. The molecule has 1 saturated carbocycles. The second kappa shape index (κ2) is 7.40. The molecule has 1 aromatic heterocycles. The van der Waals surface area contributed by atoms with Gasteiger partial charge in [0, 0.05) is 38.3 Å². The Balaban J connectivity index is 2.09. The fraction of sp³-hybridized carbons (Fsp3) is 0.714. The molecule has 6 heteroatoms. The predicted molar refractivity (Wildman–Crippen MR) is 78.7 cm³/mol. The van der Waals surface area contributed by atoms with Crippen molar-refractivity contribution in [2.24, 2.45) is 5.92 Å². The first kappa shape index (κ1) is 15.0. The fourth-order valence-corrected chi connectivity index (χ4v) is 2.59. The number of nitrogens with one attached hydrogen (secondary N) is 2. The maximum atomic E-state index is 9.38. The molecular formula is C14H24N4O2. The molecule has 20 heavy (non-hydrogen) atoms. The standard InChI is InChI=1S/C14H24N4O2/c1-3-20-9-14-17-12(15-2)7-13(18-14)16-11-6-4-5-10(11)8-19/h7,10-11,19H,3-6,8-9H2,1-2H3,(H2,15,16,17,18). The van der Waals surface area contributed by atoms with Gasteiger partial charge in [0.2, 0.25) is 0 Å². The number of aliphatic hydroxyl groups excluding tert-OH is 1. The highest BCUT2D eigenvalue weighted by Gasteiger charge is 2.26. The van der Waals surface area contributed by atoms with Gasteiger partial charge in [-0.2, -0.15) is 0 Å². The highest BCUT2D eigenvalue weighted by atomic mass is 16.5. The van der Waals surface area contributed by atoms with Crippen LogP contribution in [0.5, 0.6) is 0 Å². The van der Waals surface area contributed by atoms with Gasteiger partial charge in [0.25, 0.3) is 0 Å². The van der Waals surface area contributed by atoms with Crippen LogP contribution in [0.1, 0.15) is 32.0 Å². The molecular weight excluding hydrogens is 256 g/mol. The van der Waals surface area contributed by atoms with E-state index >= 15 is 0 Å². The van der Waals surface area contributed by atoms with Crippen LogP contribution >= 0.6 is 0 Å². The van der Waals surface area contributed by atoms with Gasteiger partial charge in [-0.3, -0.25) is 0 Å². The zero-order valence-electron chi connectivity index (χ0n) is 12.2. The normalized spacial score (nSPS) is 21.9. The van der Waals surface area contributed by atoms with Crippen LogP contribution < -0.4 is 10.6 Å². The van der Waals surface area contributed by atoms with Crippen molar-refractivity contribution in [3.63, 3.8) is 0 Å². The molecule has 2 unspecified atom stereocenters. The molecule has 2 atom stereocenters. The van der Waals surface area contributed by atoms with Crippen LogP contribution in [0.3, 0.4) is 0 Å². The Hall–Kier alpha value is -1.40. The predicted octanol–water partition coefficient (Wildman–Crippen LogP) is 1.63. The minimum absolute atomic E-state index is 0.230. The molecule has 2 rings (SSSR count). The average molecular weight is 280 g/mol.